The van der Waals surface area contributed by atoms with Gasteiger partial charge in [-0.15, -0.1) is 11.8 Å². The molecular weight excluding hydrogens is 246 g/mol. The summed E-state index contributed by atoms with van der Waals surface area (Å²) in [6.07, 6.45) is 1.14. The van der Waals surface area contributed by atoms with Gasteiger partial charge in [-0.2, -0.15) is 0 Å². The van der Waals surface area contributed by atoms with E-state index >= 15 is 0 Å². The number of carbonyl (C=O) groups is 1. The Kier molecular flexibility index (Phi) is 6.05. The zero-order valence-electron chi connectivity index (χ0n) is 11.2. The second kappa shape index (κ2) is 7.31. The Morgan fingerprint density at radius 2 is 2.17 bits per heavy atom. The van der Waals surface area contributed by atoms with E-state index in [-0.39, 0.29) is 5.97 Å². The number of anilines is 1. The van der Waals surface area contributed by atoms with Crippen molar-refractivity contribution in [2.45, 2.75) is 32.1 Å². The summed E-state index contributed by atoms with van der Waals surface area (Å²) < 4.78 is 5.05. The molecule has 4 heteroatoms. The average Bonchev–Trinajstić information content (AvgIpc) is 2.37. The number of hydrogen-bond donors (Lipinski definition) is 1. The van der Waals surface area contributed by atoms with E-state index in [4.69, 9.17) is 10.5 Å². The summed E-state index contributed by atoms with van der Waals surface area (Å²) in [7, 11) is 0. The molecule has 0 saturated carbocycles. The second-order valence-corrected chi connectivity index (χ2v) is 5.36. The molecule has 3 nitrogen and oxygen atoms in total. The lowest BCUT2D eigenvalue weighted by Crippen LogP contribution is -2.07. The summed E-state index contributed by atoms with van der Waals surface area (Å²) in [5.74, 6) is 1.33. The van der Waals surface area contributed by atoms with Crippen molar-refractivity contribution in [3.05, 3.63) is 23.8 Å². The highest BCUT2D eigenvalue weighted by atomic mass is 32.2. The molecule has 1 aromatic rings. The Morgan fingerprint density at radius 3 is 2.78 bits per heavy atom. The van der Waals surface area contributed by atoms with Crippen molar-refractivity contribution in [2.24, 2.45) is 5.92 Å². The summed E-state index contributed by atoms with van der Waals surface area (Å²) in [6.45, 7) is 6.55. The van der Waals surface area contributed by atoms with Crippen molar-refractivity contribution in [3.8, 4) is 0 Å². The highest BCUT2D eigenvalue weighted by molar-refractivity contribution is 7.99. The SMILES string of the molecule is CCOC(=O)c1cc(N)ccc1SCC(C)CC. The quantitative estimate of drug-likeness (QED) is 0.486. The van der Waals surface area contributed by atoms with Crippen LogP contribution in [-0.4, -0.2) is 18.3 Å². The van der Waals surface area contributed by atoms with Crippen LogP contribution in [0.4, 0.5) is 5.69 Å². The van der Waals surface area contributed by atoms with Gasteiger partial charge in [-0.1, -0.05) is 20.3 Å². The van der Waals surface area contributed by atoms with Crippen molar-refractivity contribution in [1.82, 2.24) is 0 Å². The van der Waals surface area contributed by atoms with Gasteiger partial charge in [0.05, 0.1) is 12.2 Å². The number of rotatable bonds is 6. The molecule has 0 amide bonds. The molecule has 0 aliphatic heterocycles. The first-order valence-corrected chi connectivity index (χ1v) is 7.26. The van der Waals surface area contributed by atoms with Crippen molar-refractivity contribution in [1.29, 1.82) is 0 Å². The summed E-state index contributed by atoms with van der Waals surface area (Å²) >= 11 is 1.69. The van der Waals surface area contributed by atoms with E-state index in [0.29, 0.717) is 23.8 Å². The van der Waals surface area contributed by atoms with Crippen LogP contribution in [-0.2, 0) is 4.74 Å². The van der Waals surface area contributed by atoms with Crippen LogP contribution in [0, 0.1) is 5.92 Å². The fraction of sp³-hybridized carbons (Fsp3) is 0.500. The van der Waals surface area contributed by atoms with Gasteiger partial charge in [-0.3, -0.25) is 0 Å². The van der Waals surface area contributed by atoms with E-state index in [1.807, 2.05) is 12.1 Å². The maximum atomic E-state index is 11.8. The molecule has 1 unspecified atom stereocenters. The van der Waals surface area contributed by atoms with E-state index in [0.717, 1.165) is 17.1 Å². The fourth-order valence-corrected chi connectivity index (χ4v) is 2.55. The van der Waals surface area contributed by atoms with Gasteiger partial charge in [0, 0.05) is 16.3 Å². The Balaban J connectivity index is 2.86. The molecule has 1 rings (SSSR count). The van der Waals surface area contributed by atoms with Gasteiger partial charge < -0.3 is 10.5 Å². The highest BCUT2D eigenvalue weighted by Gasteiger charge is 2.14. The summed E-state index contributed by atoms with van der Waals surface area (Å²) in [5.41, 5.74) is 6.89. The standard InChI is InChI=1S/C14H21NO2S/c1-4-10(3)9-18-13-7-6-11(15)8-12(13)14(16)17-5-2/h6-8,10H,4-5,9,15H2,1-3H3. The summed E-state index contributed by atoms with van der Waals surface area (Å²) in [6, 6.07) is 5.41. The van der Waals surface area contributed by atoms with Crippen molar-refractivity contribution in [2.75, 3.05) is 18.1 Å². The normalized spacial score (nSPS) is 12.2. The maximum Gasteiger partial charge on any atom is 0.339 e. The van der Waals surface area contributed by atoms with E-state index in [2.05, 4.69) is 13.8 Å². The molecule has 0 fully saturated rings. The molecule has 1 aromatic carbocycles. The third-order valence-electron chi connectivity index (χ3n) is 2.72. The van der Waals surface area contributed by atoms with Crippen molar-refractivity contribution in [3.63, 3.8) is 0 Å². The topological polar surface area (TPSA) is 52.3 Å². The van der Waals surface area contributed by atoms with Gasteiger partial charge in [0.25, 0.3) is 0 Å². The van der Waals surface area contributed by atoms with Gasteiger partial charge in [-0.25, -0.2) is 4.79 Å². The molecule has 1 atom stereocenters. The van der Waals surface area contributed by atoms with Gasteiger partial charge in [-0.05, 0) is 31.0 Å². The monoisotopic (exact) mass is 267 g/mol. The van der Waals surface area contributed by atoms with Gasteiger partial charge in [0.15, 0.2) is 0 Å². The third kappa shape index (κ3) is 4.26. The highest BCUT2D eigenvalue weighted by Crippen LogP contribution is 2.27. The van der Waals surface area contributed by atoms with Crippen LogP contribution in [0.25, 0.3) is 0 Å². The second-order valence-electron chi connectivity index (χ2n) is 4.30. The number of hydrogen-bond acceptors (Lipinski definition) is 4. The molecule has 0 radical (unpaired) electrons. The zero-order chi connectivity index (χ0) is 13.5. The smallest absolute Gasteiger partial charge is 0.339 e. The minimum Gasteiger partial charge on any atom is -0.462 e. The lowest BCUT2D eigenvalue weighted by Gasteiger charge is -2.12. The predicted molar refractivity (Wildman–Crippen MR) is 77.0 cm³/mol. The number of nitrogen functional groups attached to an aromatic ring is 1. The minimum absolute atomic E-state index is 0.295. The minimum atomic E-state index is -0.295. The van der Waals surface area contributed by atoms with Crippen LogP contribution in [0.15, 0.2) is 23.1 Å². The third-order valence-corrected chi connectivity index (χ3v) is 4.12. The number of ether oxygens (including phenoxy) is 1. The molecule has 0 spiro atoms. The van der Waals surface area contributed by atoms with Gasteiger partial charge in [0.2, 0.25) is 0 Å². The van der Waals surface area contributed by atoms with Gasteiger partial charge in [0.1, 0.15) is 0 Å². The lowest BCUT2D eigenvalue weighted by molar-refractivity contribution is 0.0522. The predicted octanol–water partition coefficient (Wildman–Crippen LogP) is 3.58. The molecule has 0 aliphatic carbocycles. The molecular formula is C14H21NO2S. The fourth-order valence-electron chi connectivity index (χ4n) is 1.39. The molecule has 0 aliphatic rings. The first-order chi connectivity index (χ1) is 8.58. The molecule has 0 saturated heterocycles. The van der Waals surface area contributed by atoms with Crippen LogP contribution >= 0.6 is 11.8 Å². The number of esters is 1. The van der Waals surface area contributed by atoms with E-state index in [1.165, 1.54) is 0 Å². The maximum absolute atomic E-state index is 11.8. The van der Waals surface area contributed by atoms with Crippen molar-refractivity contribution >= 4 is 23.4 Å². The Bertz CT molecular complexity index is 407. The number of benzene rings is 1. The van der Waals surface area contributed by atoms with Crippen molar-refractivity contribution < 1.29 is 9.53 Å². The van der Waals surface area contributed by atoms with Crippen LogP contribution in [0.3, 0.4) is 0 Å². The molecule has 2 N–H and O–H groups in total. The number of thioether (sulfide) groups is 1. The van der Waals surface area contributed by atoms with E-state index in [1.54, 1.807) is 24.8 Å². The lowest BCUT2D eigenvalue weighted by atomic mass is 10.2. The molecule has 0 aromatic heterocycles. The summed E-state index contributed by atoms with van der Waals surface area (Å²) in [4.78, 5) is 12.8. The molecule has 100 valence electrons. The van der Waals surface area contributed by atoms with Crippen LogP contribution in [0.5, 0.6) is 0 Å². The van der Waals surface area contributed by atoms with E-state index in [9.17, 15) is 4.79 Å². The Morgan fingerprint density at radius 1 is 1.44 bits per heavy atom. The zero-order valence-corrected chi connectivity index (χ0v) is 12.0. The van der Waals surface area contributed by atoms with Crippen LogP contribution in [0.2, 0.25) is 0 Å². The first-order valence-electron chi connectivity index (χ1n) is 6.27. The molecule has 18 heavy (non-hydrogen) atoms. The van der Waals surface area contributed by atoms with Crippen LogP contribution in [0.1, 0.15) is 37.6 Å². The first kappa shape index (κ1) is 14.9. The Labute approximate surface area is 113 Å². The average molecular weight is 267 g/mol. The number of nitrogens with two attached hydrogens (primary N) is 1. The summed E-state index contributed by atoms with van der Waals surface area (Å²) in [5, 5.41) is 0. The Hall–Kier alpha value is -1.16. The number of carbonyl (C=O) groups excluding carboxylic acids is 1. The molecule has 0 bridgehead atoms. The van der Waals surface area contributed by atoms with Crippen LogP contribution < -0.4 is 5.73 Å². The van der Waals surface area contributed by atoms with Gasteiger partial charge >= 0.3 is 5.97 Å². The largest absolute Gasteiger partial charge is 0.462 e. The molecule has 0 heterocycles. The van der Waals surface area contributed by atoms with E-state index < -0.39 is 0 Å².